The Morgan fingerprint density at radius 2 is 2.07 bits per heavy atom. The van der Waals surface area contributed by atoms with Gasteiger partial charge >= 0.3 is 5.97 Å². The molecule has 0 atom stereocenters. The number of benzene rings is 1. The molecule has 1 aromatic rings. The third-order valence-electron chi connectivity index (χ3n) is 1.65. The van der Waals surface area contributed by atoms with Crippen molar-refractivity contribution in [3.63, 3.8) is 0 Å². The van der Waals surface area contributed by atoms with Crippen LogP contribution in [0.5, 0.6) is 0 Å². The van der Waals surface area contributed by atoms with Crippen LogP contribution in [0.3, 0.4) is 0 Å². The standard InChI is InChI=1S/C10H13N3O2/c1-2-15-9(14)7-5-3-4-6-8(7)13-10(11)12/h3-6H,2H2,1H3,(H4,11,12,13). The number of hydrogen-bond donors (Lipinski definition) is 2. The number of esters is 1. The van der Waals surface area contributed by atoms with Gasteiger partial charge in [0, 0.05) is 0 Å². The van der Waals surface area contributed by atoms with Gasteiger partial charge < -0.3 is 16.2 Å². The summed E-state index contributed by atoms with van der Waals surface area (Å²) >= 11 is 0. The highest BCUT2D eigenvalue weighted by atomic mass is 16.5. The summed E-state index contributed by atoms with van der Waals surface area (Å²) in [5.41, 5.74) is 11.3. The predicted octanol–water partition coefficient (Wildman–Crippen LogP) is 0.768. The average Bonchev–Trinajstić information content (AvgIpc) is 2.18. The van der Waals surface area contributed by atoms with E-state index in [1.807, 2.05) is 0 Å². The molecule has 15 heavy (non-hydrogen) atoms. The molecule has 0 aliphatic rings. The molecule has 0 aliphatic carbocycles. The van der Waals surface area contributed by atoms with Gasteiger partial charge in [-0.3, -0.25) is 0 Å². The number of nitrogens with two attached hydrogens (primary N) is 2. The first kappa shape index (κ1) is 11.0. The molecule has 1 aromatic carbocycles. The van der Waals surface area contributed by atoms with Gasteiger partial charge in [0.2, 0.25) is 0 Å². The van der Waals surface area contributed by atoms with Crippen LogP contribution in [0, 0.1) is 0 Å². The maximum atomic E-state index is 11.5. The maximum absolute atomic E-state index is 11.5. The second kappa shape index (κ2) is 4.99. The molecule has 1 rings (SSSR count). The molecule has 0 amide bonds. The van der Waals surface area contributed by atoms with Gasteiger partial charge in [-0.2, -0.15) is 0 Å². The van der Waals surface area contributed by atoms with Gasteiger partial charge in [-0.15, -0.1) is 0 Å². The van der Waals surface area contributed by atoms with E-state index < -0.39 is 5.97 Å². The molecule has 0 radical (unpaired) electrons. The van der Waals surface area contributed by atoms with Crippen LogP contribution in [-0.4, -0.2) is 18.5 Å². The summed E-state index contributed by atoms with van der Waals surface area (Å²) in [4.78, 5) is 15.3. The fraction of sp³-hybridized carbons (Fsp3) is 0.200. The van der Waals surface area contributed by atoms with Crippen LogP contribution in [0.25, 0.3) is 0 Å². The smallest absolute Gasteiger partial charge is 0.340 e. The van der Waals surface area contributed by atoms with E-state index in [0.717, 1.165) is 0 Å². The highest BCUT2D eigenvalue weighted by Crippen LogP contribution is 2.19. The minimum absolute atomic E-state index is 0.0910. The van der Waals surface area contributed by atoms with E-state index in [1.54, 1.807) is 31.2 Å². The number of hydrogen-bond acceptors (Lipinski definition) is 3. The van der Waals surface area contributed by atoms with Gasteiger partial charge in [-0.05, 0) is 19.1 Å². The largest absolute Gasteiger partial charge is 0.462 e. The normalized spacial score (nSPS) is 9.40. The summed E-state index contributed by atoms with van der Waals surface area (Å²) in [5.74, 6) is -0.523. The zero-order chi connectivity index (χ0) is 11.3. The summed E-state index contributed by atoms with van der Waals surface area (Å²) < 4.78 is 4.86. The third kappa shape index (κ3) is 2.98. The topological polar surface area (TPSA) is 90.7 Å². The molecule has 0 spiro atoms. The van der Waals surface area contributed by atoms with Gasteiger partial charge in [-0.1, -0.05) is 12.1 Å². The monoisotopic (exact) mass is 207 g/mol. The molecule has 0 heterocycles. The van der Waals surface area contributed by atoms with E-state index in [4.69, 9.17) is 16.2 Å². The van der Waals surface area contributed by atoms with Crippen LogP contribution in [0.1, 0.15) is 17.3 Å². The summed E-state index contributed by atoms with van der Waals surface area (Å²) in [6, 6.07) is 6.72. The number of para-hydroxylation sites is 1. The molecular formula is C10H13N3O2. The van der Waals surface area contributed by atoms with E-state index >= 15 is 0 Å². The van der Waals surface area contributed by atoms with Gasteiger partial charge in [0.15, 0.2) is 5.96 Å². The molecule has 5 heteroatoms. The molecule has 0 bridgehead atoms. The molecule has 0 aliphatic heterocycles. The quantitative estimate of drug-likeness (QED) is 0.435. The van der Waals surface area contributed by atoms with Crippen LogP contribution in [0.4, 0.5) is 5.69 Å². The van der Waals surface area contributed by atoms with Crippen LogP contribution in [0.2, 0.25) is 0 Å². The minimum atomic E-state index is -0.432. The van der Waals surface area contributed by atoms with E-state index in [-0.39, 0.29) is 5.96 Å². The Bertz CT molecular complexity index is 384. The molecule has 0 unspecified atom stereocenters. The van der Waals surface area contributed by atoms with Crippen LogP contribution in [-0.2, 0) is 4.74 Å². The Labute approximate surface area is 87.7 Å². The number of rotatable bonds is 3. The minimum Gasteiger partial charge on any atom is -0.462 e. The Hall–Kier alpha value is -2.04. The van der Waals surface area contributed by atoms with Crippen molar-refractivity contribution in [3.05, 3.63) is 29.8 Å². The summed E-state index contributed by atoms with van der Waals surface area (Å²) in [6.45, 7) is 2.05. The van der Waals surface area contributed by atoms with Crippen molar-refractivity contribution in [1.82, 2.24) is 0 Å². The lowest BCUT2D eigenvalue weighted by Gasteiger charge is -2.04. The average molecular weight is 207 g/mol. The third-order valence-corrected chi connectivity index (χ3v) is 1.65. The summed E-state index contributed by atoms with van der Waals surface area (Å²) in [7, 11) is 0. The first-order valence-corrected chi connectivity index (χ1v) is 4.51. The summed E-state index contributed by atoms with van der Waals surface area (Å²) in [5, 5.41) is 0. The first-order chi connectivity index (χ1) is 7.15. The zero-order valence-corrected chi connectivity index (χ0v) is 8.43. The second-order valence-corrected chi connectivity index (χ2v) is 2.77. The van der Waals surface area contributed by atoms with Crippen molar-refractivity contribution < 1.29 is 9.53 Å². The highest BCUT2D eigenvalue weighted by Gasteiger charge is 2.10. The van der Waals surface area contributed by atoms with Gasteiger partial charge in [0.1, 0.15) is 0 Å². The first-order valence-electron chi connectivity index (χ1n) is 4.51. The second-order valence-electron chi connectivity index (χ2n) is 2.77. The van der Waals surface area contributed by atoms with Crippen LogP contribution in [0.15, 0.2) is 29.3 Å². The molecule has 4 N–H and O–H groups in total. The van der Waals surface area contributed by atoms with E-state index in [9.17, 15) is 4.79 Å². The lowest BCUT2D eigenvalue weighted by molar-refractivity contribution is 0.0527. The van der Waals surface area contributed by atoms with Crippen molar-refractivity contribution in [2.45, 2.75) is 6.92 Å². The number of carbonyl (C=O) groups excluding carboxylic acids is 1. The molecular weight excluding hydrogens is 194 g/mol. The van der Waals surface area contributed by atoms with Crippen molar-refractivity contribution in [2.24, 2.45) is 16.5 Å². The van der Waals surface area contributed by atoms with E-state index in [0.29, 0.717) is 17.9 Å². The molecule has 0 fully saturated rings. The molecule has 5 nitrogen and oxygen atoms in total. The maximum Gasteiger partial charge on any atom is 0.340 e. The van der Waals surface area contributed by atoms with Gasteiger partial charge in [0.05, 0.1) is 17.9 Å². The van der Waals surface area contributed by atoms with Crippen LogP contribution < -0.4 is 11.5 Å². The van der Waals surface area contributed by atoms with E-state index in [2.05, 4.69) is 4.99 Å². The zero-order valence-electron chi connectivity index (χ0n) is 8.43. The number of guanidine groups is 1. The Kier molecular flexibility index (Phi) is 3.68. The van der Waals surface area contributed by atoms with Crippen molar-refractivity contribution >= 4 is 17.6 Å². The Morgan fingerprint density at radius 3 is 2.67 bits per heavy atom. The lowest BCUT2D eigenvalue weighted by Crippen LogP contribution is -2.22. The van der Waals surface area contributed by atoms with Crippen molar-refractivity contribution in [2.75, 3.05) is 6.61 Å². The SMILES string of the molecule is CCOC(=O)c1ccccc1N=C(N)N. The fourth-order valence-corrected chi connectivity index (χ4v) is 1.09. The van der Waals surface area contributed by atoms with Gasteiger partial charge in [-0.25, -0.2) is 9.79 Å². The van der Waals surface area contributed by atoms with Crippen molar-refractivity contribution in [3.8, 4) is 0 Å². The number of ether oxygens (including phenoxy) is 1. The number of nitrogens with zero attached hydrogens (tertiary/aromatic N) is 1. The number of carbonyl (C=O) groups is 1. The van der Waals surface area contributed by atoms with Gasteiger partial charge in [0.25, 0.3) is 0 Å². The fourth-order valence-electron chi connectivity index (χ4n) is 1.09. The number of aliphatic imine (C=N–C) groups is 1. The molecule has 0 aromatic heterocycles. The molecule has 0 saturated heterocycles. The summed E-state index contributed by atoms with van der Waals surface area (Å²) in [6.07, 6.45) is 0. The Morgan fingerprint density at radius 1 is 1.40 bits per heavy atom. The predicted molar refractivity (Wildman–Crippen MR) is 57.9 cm³/mol. The molecule has 0 saturated carbocycles. The van der Waals surface area contributed by atoms with E-state index in [1.165, 1.54) is 0 Å². The lowest BCUT2D eigenvalue weighted by atomic mass is 10.2. The van der Waals surface area contributed by atoms with Crippen molar-refractivity contribution in [1.29, 1.82) is 0 Å². The van der Waals surface area contributed by atoms with Crippen LogP contribution >= 0.6 is 0 Å². The highest BCUT2D eigenvalue weighted by molar-refractivity contribution is 5.96. The molecule has 80 valence electrons. The Balaban J connectivity index is 3.06.